The van der Waals surface area contributed by atoms with Crippen molar-refractivity contribution < 1.29 is 9.18 Å². The number of piperidine rings is 1. The first-order valence-electron chi connectivity index (χ1n) is 7.10. The molecule has 1 aliphatic rings. The van der Waals surface area contributed by atoms with Crippen LogP contribution in [0.3, 0.4) is 0 Å². The van der Waals surface area contributed by atoms with Gasteiger partial charge in [-0.15, -0.1) is 0 Å². The zero-order valence-electron chi connectivity index (χ0n) is 11.7. The van der Waals surface area contributed by atoms with Crippen molar-refractivity contribution in [1.29, 1.82) is 0 Å². The summed E-state index contributed by atoms with van der Waals surface area (Å²) in [5.74, 6) is -0.368. The van der Waals surface area contributed by atoms with Gasteiger partial charge in [0.05, 0.1) is 0 Å². The lowest BCUT2D eigenvalue weighted by molar-refractivity contribution is 0.0642. The Hall–Kier alpha value is -0.690. The monoisotopic (exact) mass is 390 g/mol. The standard InChI is InChI=1S/C15H20FIN2O/c1-2-9-19(12-5-7-18-8-6-12)15(20)11-3-4-14(17)13(16)10-11/h3-4,10,12,18H,2,5-9H2,1H3. The lowest BCUT2D eigenvalue weighted by Gasteiger charge is -2.34. The summed E-state index contributed by atoms with van der Waals surface area (Å²) in [5.41, 5.74) is 0.454. The second-order valence-electron chi connectivity index (χ2n) is 5.11. The number of nitrogens with one attached hydrogen (secondary N) is 1. The predicted octanol–water partition coefficient (Wildman–Crippen LogP) is 3.03. The molecule has 20 heavy (non-hydrogen) atoms. The van der Waals surface area contributed by atoms with E-state index in [-0.39, 0.29) is 17.8 Å². The molecule has 1 aliphatic heterocycles. The summed E-state index contributed by atoms with van der Waals surface area (Å²) in [5, 5.41) is 3.31. The molecule has 0 radical (unpaired) electrons. The molecule has 0 unspecified atom stereocenters. The van der Waals surface area contributed by atoms with E-state index in [1.54, 1.807) is 12.1 Å². The fourth-order valence-electron chi connectivity index (χ4n) is 2.60. The van der Waals surface area contributed by atoms with E-state index in [1.807, 2.05) is 27.5 Å². The summed E-state index contributed by atoms with van der Waals surface area (Å²) in [4.78, 5) is 14.6. The van der Waals surface area contributed by atoms with Crippen LogP contribution in [-0.2, 0) is 0 Å². The maximum atomic E-state index is 13.6. The van der Waals surface area contributed by atoms with E-state index in [0.29, 0.717) is 9.13 Å². The van der Waals surface area contributed by atoms with E-state index >= 15 is 0 Å². The quantitative estimate of drug-likeness (QED) is 0.802. The van der Waals surface area contributed by atoms with E-state index in [1.165, 1.54) is 6.07 Å². The van der Waals surface area contributed by atoms with Crippen LogP contribution in [0.4, 0.5) is 4.39 Å². The second-order valence-corrected chi connectivity index (χ2v) is 6.27. The molecule has 0 aliphatic carbocycles. The van der Waals surface area contributed by atoms with Crippen molar-refractivity contribution in [3.8, 4) is 0 Å². The van der Waals surface area contributed by atoms with Gasteiger partial charge in [-0.2, -0.15) is 0 Å². The van der Waals surface area contributed by atoms with E-state index in [9.17, 15) is 9.18 Å². The molecular formula is C15H20FIN2O. The van der Waals surface area contributed by atoms with Crippen LogP contribution in [0.25, 0.3) is 0 Å². The van der Waals surface area contributed by atoms with Crippen LogP contribution in [-0.4, -0.2) is 36.5 Å². The first-order chi connectivity index (χ1) is 9.63. The van der Waals surface area contributed by atoms with Crippen LogP contribution in [0, 0.1) is 9.39 Å². The molecule has 1 heterocycles. The predicted molar refractivity (Wildman–Crippen MR) is 86.3 cm³/mol. The number of nitrogens with zero attached hydrogens (tertiary/aromatic N) is 1. The summed E-state index contributed by atoms with van der Waals surface area (Å²) < 4.78 is 14.2. The van der Waals surface area contributed by atoms with Crippen molar-refractivity contribution in [2.45, 2.75) is 32.2 Å². The van der Waals surface area contributed by atoms with Gasteiger partial charge in [-0.3, -0.25) is 4.79 Å². The van der Waals surface area contributed by atoms with Gasteiger partial charge in [0.25, 0.3) is 5.91 Å². The first-order valence-corrected chi connectivity index (χ1v) is 8.18. The normalized spacial score (nSPS) is 16.1. The molecule has 0 bridgehead atoms. The average molecular weight is 390 g/mol. The lowest BCUT2D eigenvalue weighted by Crippen LogP contribution is -2.46. The molecule has 0 spiro atoms. The second kappa shape index (κ2) is 7.36. The van der Waals surface area contributed by atoms with Crippen LogP contribution in [0.2, 0.25) is 0 Å². The molecule has 1 N–H and O–H groups in total. The Kier molecular flexibility index (Phi) is 5.77. The molecule has 1 fully saturated rings. The highest BCUT2D eigenvalue weighted by Crippen LogP contribution is 2.19. The Balaban J connectivity index is 2.18. The number of hydrogen-bond donors (Lipinski definition) is 1. The summed E-state index contributed by atoms with van der Waals surface area (Å²) in [6, 6.07) is 5.01. The van der Waals surface area contributed by atoms with Gasteiger partial charge in [0.1, 0.15) is 5.82 Å². The maximum Gasteiger partial charge on any atom is 0.254 e. The first kappa shape index (κ1) is 15.7. The van der Waals surface area contributed by atoms with Gasteiger partial charge in [-0.05, 0) is 73.1 Å². The highest BCUT2D eigenvalue weighted by Gasteiger charge is 2.25. The Morgan fingerprint density at radius 2 is 2.15 bits per heavy atom. The summed E-state index contributed by atoms with van der Waals surface area (Å²) >= 11 is 1.93. The van der Waals surface area contributed by atoms with Crippen LogP contribution in [0.15, 0.2) is 18.2 Å². The molecule has 3 nitrogen and oxygen atoms in total. The molecule has 1 aromatic carbocycles. The van der Waals surface area contributed by atoms with Gasteiger partial charge in [0.2, 0.25) is 0 Å². The molecular weight excluding hydrogens is 370 g/mol. The number of halogens is 2. The summed E-state index contributed by atoms with van der Waals surface area (Å²) in [6.07, 6.45) is 2.86. The molecule has 5 heteroatoms. The van der Waals surface area contributed by atoms with Gasteiger partial charge in [-0.1, -0.05) is 6.92 Å². The van der Waals surface area contributed by atoms with E-state index in [2.05, 4.69) is 12.2 Å². The third-order valence-corrected chi connectivity index (χ3v) is 4.52. The Morgan fingerprint density at radius 1 is 1.45 bits per heavy atom. The highest BCUT2D eigenvalue weighted by atomic mass is 127. The number of rotatable bonds is 4. The summed E-state index contributed by atoms with van der Waals surface area (Å²) in [6.45, 7) is 4.69. The minimum absolute atomic E-state index is 0.0472. The molecule has 2 rings (SSSR count). The fraction of sp³-hybridized carbons (Fsp3) is 0.533. The minimum Gasteiger partial charge on any atom is -0.336 e. The van der Waals surface area contributed by atoms with Gasteiger partial charge in [0, 0.05) is 21.7 Å². The molecule has 1 amide bonds. The highest BCUT2D eigenvalue weighted by molar-refractivity contribution is 14.1. The Bertz CT molecular complexity index is 475. The zero-order valence-corrected chi connectivity index (χ0v) is 13.8. The van der Waals surface area contributed by atoms with E-state index in [4.69, 9.17) is 0 Å². The topological polar surface area (TPSA) is 32.3 Å². The molecule has 110 valence electrons. The van der Waals surface area contributed by atoms with Crippen molar-refractivity contribution >= 4 is 28.5 Å². The minimum atomic E-state index is -0.321. The van der Waals surface area contributed by atoms with Gasteiger partial charge < -0.3 is 10.2 Å². The van der Waals surface area contributed by atoms with Crippen molar-refractivity contribution in [1.82, 2.24) is 10.2 Å². The number of amides is 1. The molecule has 1 aromatic rings. The van der Waals surface area contributed by atoms with Crippen molar-refractivity contribution in [3.05, 3.63) is 33.1 Å². The lowest BCUT2D eigenvalue weighted by atomic mass is 10.0. The summed E-state index contributed by atoms with van der Waals surface area (Å²) in [7, 11) is 0. The number of hydrogen-bond acceptors (Lipinski definition) is 2. The van der Waals surface area contributed by atoms with Crippen LogP contribution in [0.5, 0.6) is 0 Å². The SMILES string of the molecule is CCCN(C(=O)c1ccc(I)c(F)c1)C1CCNCC1. The van der Waals surface area contributed by atoms with E-state index in [0.717, 1.165) is 38.9 Å². The largest absolute Gasteiger partial charge is 0.336 e. The molecule has 0 aromatic heterocycles. The molecule has 1 saturated heterocycles. The fourth-order valence-corrected chi connectivity index (χ4v) is 2.94. The number of carbonyl (C=O) groups is 1. The Labute approximate surface area is 133 Å². The van der Waals surface area contributed by atoms with Crippen molar-refractivity contribution in [2.24, 2.45) is 0 Å². The zero-order chi connectivity index (χ0) is 14.5. The Morgan fingerprint density at radius 3 is 2.75 bits per heavy atom. The maximum absolute atomic E-state index is 13.6. The van der Waals surface area contributed by atoms with Crippen LogP contribution >= 0.6 is 22.6 Å². The number of carbonyl (C=O) groups excluding carboxylic acids is 1. The van der Waals surface area contributed by atoms with Crippen LogP contribution < -0.4 is 5.32 Å². The smallest absolute Gasteiger partial charge is 0.254 e. The van der Waals surface area contributed by atoms with Crippen molar-refractivity contribution in [2.75, 3.05) is 19.6 Å². The molecule has 0 saturated carbocycles. The van der Waals surface area contributed by atoms with Gasteiger partial charge in [0.15, 0.2) is 0 Å². The third kappa shape index (κ3) is 3.69. The molecule has 0 atom stereocenters. The van der Waals surface area contributed by atoms with Gasteiger partial charge >= 0.3 is 0 Å². The third-order valence-electron chi connectivity index (χ3n) is 3.64. The van der Waals surface area contributed by atoms with Gasteiger partial charge in [-0.25, -0.2) is 4.39 Å². The van der Waals surface area contributed by atoms with Crippen molar-refractivity contribution in [3.63, 3.8) is 0 Å². The van der Waals surface area contributed by atoms with Crippen LogP contribution in [0.1, 0.15) is 36.5 Å². The average Bonchev–Trinajstić information content (AvgIpc) is 2.48. The number of benzene rings is 1. The van der Waals surface area contributed by atoms with E-state index < -0.39 is 0 Å².